The molecule has 1 atom stereocenters. The Labute approximate surface area is 116 Å². The van der Waals surface area contributed by atoms with Gasteiger partial charge in [-0.2, -0.15) is 0 Å². The molecule has 0 saturated heterocycles. The number of hydrogen-bond acceptors (Lipinski definition) is 2. The third kappa shape index (κ3) is 2.20. The molecule has 0 bridgehead atoms. The molecule has 0 amide bonds. The molecule has 0 N–H and O–H groups in total. The molecule has 1 unspecified atom stereocenters. The van der Waals surface area contributed by atoms with E-state index in [0.717, 1.165) is 28.1 Å². The van der Waals surface area contributed by atoms with Crippen LogP contribution in [0.25, 0.3) is 0 Å². The van der Waals surface area contributed by atoms with Crippen molar-refractivity contribution < 1.29 is 9.53 Å². The van der Waals surface area contributed by atoms with Crippen LogP contribution in [0.2, 0.25) is 0 Å². The Kier molecular flexibility index (Phi) is 2.97. The molecule has 0 aromatic heterocycles. The molecule has 2 aliphatic rings. The van der Waals surface area contributed by atoms with E-state index in [4.69, 9.17) is 4.74 Å². The van der Waals surface area contributed by atoms with Crippen LogP contribution in [-0.2, 0) is 0 Å². The van der Waals surface area contributed by atoms with Crippen molar-refractivity contribution in [3.63, 3.8) is 0 Å². The van der Waals surface area contributed by atoms with Gasteiger partial charge in [0.25, 0.3) is 0 Å². The second-order valence-corrected chi connectivity index (χ2v) is 6.71. The highest BCUT2D eigenvalue weighted by Gasteiger charge is 2.39. The van der Waals surface area contributed by atoms with Crippen LogP contribution >= 0.6 is 15.9 Å². The van der Waals surface area contributed by atoms with E-state index < -0.39 is 0 Å². The molecule has 96 valence electrons. The number of ketones is 1. The summed E-state index contributed by atoms with van der Waals surface area (Å²) in [5, 5.41) is 0. The molecule has 2 nitrogen and oxygen atoms in total. The summed E-state index contributed by atoms with van der Waals surface area (Å²) in [4.78, 5) is 12.2. The molecule has 0 radical (unpaired) electrons. The van der Waals surface area contributed by atoms with E-state index in [1.165, 1.54) is 19.3 Å². The summed E-state index contributed by atoms with van der Waals surface area (Å²) in [5.74, 6) is 1.70. The van der Waals surface area contributed by atoms with Gasteiger partial charge in [0.15, 0.2) is 5.78 Å². The van der Waals surface area contributed by atoms with Crippen LogP contribution in [0.3, 0.4) is 0 Å². The number of rotatable bonds is 2. The van der Waals surface area contributed by atoms with E-state index in [2.05, 4.69) is 22.9 Å². The molecular formula is C15H17BrO2. The van der Waals surface area contributed by atoms with Crippen molar-refractivity contribution in [3.8, 4) is 5.75 Å². The highest BCUT2D eigenvalue weighted by molar-refractivity contribution is 9.10. The van der Waals surface area contributed by atoms with Gasteiger partial charge in [-0.25, -0.2) is 0 Å². The largest absolute Gasteiger partial charge is 0.486 e. The molecule has 1 aromatic rings. The fraction of sp³-hybridized carbons (Fsp3) is 0.533. The molecule has 18 heavy (non-hydrogen) atoms. The molecule has 1 aliphatic heterocycles. The summed E-state index contributed by atoms with van der Waals surface area (Å²) in [7, 11) is 0. The number of ether oxygens (including phenoxy) is 1. The highest BCUT2D eigenvalue weighted by atomic mass is 79.9. The van der Waals surface area contributed by atoms with Gasteiger partial charge < -0.3 is 4.74 Å². The normalized spacial score (nSPS) is 27.3. The lowest BCUT2D eigenvalue weighted by atomic mass is 9.75. The van der Waals surface area contributed by atoms with Gasteiger partial charge in [-0.1, -0.05) is 35.2 Å². The fourth-order valence-electron chi connectivity index (χ4n) is 2.97. The van der Waals surface area contributed by atoms with Gasteiger partial charge in [0.2, 0.25) is 0 Å². The van der Waals surface area contributed by atoms with Crippen molar-refractivity contribution in [3.05, 3.63) is 28.2 Å². The van der Waals surface area contributed by atoms with Crippen molar-refractivity contribution >= 4 is 21.7 Å². The van der Waals surface area contributed by atoms with E-state index in [0.29, 0.717) is 6.42 Å². The number of hydrogen-bond donors (Lipinski definition) is 0. The number of carbonyl (C=O) groups is 1. The lowest BCUT2D eigenvalue weighted by Gasteiger charge is -2.39. The van der Waals surface area contributed by atoms with Crippen LogP contribution in [0, 0.1) is 5.92 Å². The Hall–Kier alpha value is -0.830. The minimum atomic E-state index is -0.310. The average Bonchev–Trinajstić information content (AvgIpc) is 2.23. The topological polar surface area (TPSA) is 26.3 Å². The number of halogens is 1. The van der Waals surface area contributed by atoms with Gasteiger partial charge in [0.1, 0.15) is 11.4 Å². The standard InChI is InChI=1S/C15H17BrO2/c1-15(8-10-3-2-4-10)9-13(17)12-6-5-11(16)7-14(12)18-15/h5-7,10H,2-4,8-9H2,1H3. The molecule has 1 aliphatic carbocycles. The zero-order chi connectivity index (χ0) is 12.8. The van der Waals surface area contributed by atoms with Gasteiger partial charge in [0, 0.05) is 4.47 Å². The second kappa shape index (κ2) is 4.37. The smallest absolute Gasteiger partial charge is 0.170 e. The average molecular weight is 309 g/mol. The predicted molar refractivity (Wildman–Crippen MR) is 74.1 cm³/mol. The van der Waals surface area contributed by atoms with Crippen molar-refractivity contribution in [2.75, 3.05) is 0 Å². The minimum absolute atomic E-state index is 0.213. The summed E-state index contributed by atoms with van der Waals surface area (Å²) in [6.07, 6.45) is 5.43. The number of fused-ring (bicyclic) bond motifs is 1. The van der Waals surface area contributed by atoms with E-state index >= 15 is 0 Å². The van der Waals surface area contributed by atoms with Crippen LogP contribution in [-0.4, -0.2) is 11.4 Å². The molecule has 3 heteroatoms. The van der Waals surface area contributed by atoms with Crippen LogP contribution in [0.4, 0.5) is 0 Å². The number of carbonyl (C=O) groups excluding carboxylic acids is 1. The monoisotopic (exact) mass is 308 g/mol. The van der Waals surface area contributed by atoms with Crippen molar-refractivity contribution in [2.24, 2.45) is 5.92 Å². The van der Waals surface area contributed by atoms with Gasteiger partial charge in [-0.3, -0.25) is 4.79 Å². The summed E-state index contributed by atoms with van der Waals surface area (Å²) in [6, 6.07) is 5.66. The van der Waals surface area contributed by atoms with E-state index in [1.54, 1.807) is 0 Å². The maximum atomic E-state index is 12.2. The molecule has 3 rings (SSSR count). The number of benzene rings is 1. The van der Waals surface area contributed by atoms with E-state index in [-0.39, 0.29) is 11.4 Å². The third-order valence-electron chi connectivity index (χ3n) is 4.08. The summed E-state index contributed by atoms with van der Waals surface area (Å²) in [6.45, 7) is 2.08. The van der Waals surface area contributed by atoms with Crippen LogP contribution in [0.15, 0.2) is 22.7 Å². The minimum Gasteiger partial charge on any atom is -0.486 e. The van der Waals surface area contributed by atoms with Gasteiger partial charge in [0.05, 0.1) is 12.0 Å². The van der Waals surface area contributed by atoms with Crippen LogP contribution in [0.1, 0.15) is 49.4 Å². The first kappa shape index (κ1) is 12.2. The Morgan fingerprint density at radius 2 is 2.22 bits per heavy atom. The lowest BCUT2D eigenvalue weighted by molar-refractivity contribution is 0.0258. The molecule has 1 saturated carbocycles. The van der Waals surface area contributed by atoms with E-state index in [9.17, 15) is 4.79 Å². The lowest BCUT2D eigenvalue weighted by Crippen LogP contribution is -2.41. The summed E-state index contributed by atoms with van der Waals surface area (Å²) < 4.78 is 7.09. The Bertz CT molecular complexity index is 493. The predicted octanol–water partition coefficient (Wildman–Crippen LogP) is 4.36. The van der Waals surface area contributed by atoms with Gasteiger partial charge in [-0.15, -0.1) is 0 Å². The van der Waals surface area contributed by atoms with Crippen molar-refractivity contribution in [1.82, 2.24) is 0 Å². The zero-order valence-electron chi connectivity index (χ0n) is 10.5. The molecule has 0 spiro atoms. The second-order valence-electron chi connectivity index (χ2n) is 5.79. The first-order valence-electron chi connectivity index (χ1n) is 6.57. The maximum Gasteiger partial charge on any atom is 0.170 e. The fourth-order valence-corrected chi connectivity index (χ4v) is 3.31. The SMILES string of the molecule is CC1(CC2CCC2)CC(=O)c2ccc(Br)cc2O1. The summed E-state index contributed by atoms with van der Waals surface area (Å²) >= 11 is 3.43. The molecular weight excluding hydrogens is 292 g/mol. The molecule has 1 aromatic carbocycles. The van der Waals surface area contributed by atoms with E-state index in [1.807, 2.05) is 18.2 Å². The third-order valence-corrected chi connectivity index (χ3v) is 4.57. The quantitative estimate of drug-likeness (QED) is 0.811. The molecule has 1 heterocycles. The Morgan fingerprint density at radius 1 is 1.44 bits per heavy atom. The first-order chi connectivity index (χ1) is 8.56. The van der Waals surface area contributed by atoms with Crippen molar-refractivity contribution in [2.45, 2.75) is 44.6 Å². The van der Waals surface area contributed by atoms with Gasteiger partial charge >= 0.3 is 0 Å². The zero-order valence-corrected chi connectivity index (χ0v) is 12.1. The number of Topliss-reactive ketones (excluding diaryl/α,β-unsaturated/α-hetero) is 1. The molecule has 1 fully saturated rings. The van der Waals surface area contributed by atoms with Crippen LogP contribution in [0.5, 0.6) is 5.75 Å². The highest BCUT2D eigenvalue weighted by Crippen LogP contribution is 2.41. The summed E-state index contributed by atoms with van der Waals surface area (Å²) in [5.41, 5.74) is 0.417. The Balaban J connectivity index is 1.86. The maximum absolute atomic E-state index is 12.2. The Morgan fingerprint density at radius 3 is 2.89 bits per heavy atom. The van der Waals surface area contributed by atoms with Gasteiger partial charge in [-0.05, 0) is 37.5 Å². The first-order valence-corrected chi connectivity index (χ1v) is 7.37. The van der Waals surface area contributed by atoms with Crippen molar-refractivity contribution in [1.29, 1.82) is 0 Å². The van der Waals surface area contributed by atoms with Crippen LogP contribution < -0.4 is 4.74 Å².